The second-order valence-corrected chi connectivity index (χ2v) is 6.21. The monoisotopic (exact) mass is 303 g/mol. The average molecular weight is 303 g/mol. The number of ether oxygens (including phenoxy) is 1. The van der Waals surface area contributed by atoms with Gasteiger partial charge in [-0.2, -0.15) is 0 Å². The molecule has 2 aliphatic heterocycles. The lowest BCUT2D eigenvalue weighted by atomic mass is 9.98. The highest BCUT2D eigenvalue weighted by Crippen LogP contribution is 2.24. The minimum atomic E-state index is -0.206. The van der Waals surface area contributed by atoms with Gasteiger partial charge in [0.05, 0.1) is 0 Å². The number of likely N-dealkylation sites (N-methyl/N-ethyl adjacent to an activating group) is 1. The van der Waals surface area contributed by atoms with E-state index < -0.39 is 0 Å². The summed E-state index contributed by atoms with van der Waals surface area (Å²) in [6, 6.07) is 7.96. The standard InChI is InChI=1S/C17H25N3O2/c1-19-8-10-20(11-9-19)12-13-22-17(21)16-7-6-14-4-2-3-5-15(14)18-16/h2-5,16,18H,6-13H2,1H3. The highest BCUT2D eigenvalue weighted by molar-refractivity contribution is 5.80. The van der Waals surface area contributed by atoms with Crippen molar-refractivity contribution in [2.75, 3.05) is 51.7 Å². The van der Waals surface area contributed by atoms with Crippen LogP contribution in [0.5, 0.6) is 0 Å². The van der Waals surface area contributed by atoms with Crippen molar-refractivity contribution in [3.8, 4) is 0 Å². The fraction of sp³-hybridized carbons (Fsp3) is 0.588. The number of rotatable bonds is 4. The molecule has 0 bridgehead atoms. The molecule has 0 saturated carbocycles. The molecule has 2 heterocycles. The van der Waals surface area contributed by atoms with Crippen molar-refractivity contribution >= 4 is 11.7 Å². The van der Waals surface area contributed by atoms with E-state index in [1.807, 2.05) is 18.2 Å². The third-order valence-electron chi connectivity index (χ3n) is 4.58. The lowest BCUT2D eigenvalue weighted by molar-refractivity contribution is -0.145. The van der Waals surface area contributed by atoms with Crippen molar-refractivity contribution in [2.24, 2.45) is 0 Å². The number of nitrogens with zero attached hydrogens (tertiary/aromatic N) is 2. The molecular weight excluding hydrogens is 278 g/mol. The summed E-state index contributed by atoms with van der Waals surface area (Å²) in [7, 11) is 2.14. The predicted molar refractivity (Wildman–Crippen MR) is 87.1 cm³/mol. The zero-order valence-corrected chi connectivity index (χ0v) is 13.3. The van der Waals surface area contributed by atoms with Crippen LogP contribution in [0.2, 0.25) is 0 Å². The Morgan fingerprint density at radius 1 is 1.27 bits per heavy atom. The molecule has 22 heavy (non-hydrogen) atoms. The molecule has 120 valence electrons. The van der Waals surface area contributed by atoms with Crippen LogP contribution in [0.3, 0.4) is 0 Å². The van der Waals surface area contributed by atoms with Crippen molar-refractivity contribution in [3.63, 3.8) is 0 Å². The van der Waals surface area contributed by atoms with Crippen molar-refractivity contribution in [1.82, 2.24) is 9.80 Å². The summed E-state index contributed by atoms with van der Waals surface area (Å²) in [5, 5.41) is 3.30. The molecule has 1 unspecified atom stereocenters. The molecule has 3 rings (SSSR count). The van der Waals surface area contributed by atoms with Gasteiger partial charge in [-0.05, 0) is 31.5 Å². The fourth-order valence-corrected chi connectivity index (χ4v) is 3.06. The van der Waals surface area contributed by atoms with Gasteiger partial charge in [0.1, 0.15) is 12.6 Å². The maximum absolute atomic E-state index is 12.2. The Morgan fingerprint density at radius 2 is 2.05 bits per heavy atom. The van der Waals surface area contributed by atoms with Gasteiger partial charge in [0.25, 0.3) is 0 Å². The van der Waals surface area contributed by atoms with Crippen LogP contribution in [0.4, 0.5) is 5.69 Å². The Kier molecular flexibility index (Phi) is 4.95. The van der Waals surface area contributed by atoms with Crippen LogP contribution < -0.4 is 5.32 Å². The van der Waals surface area contributed by atoms with E-state index in [-0.39, 0.29) is 12.0 Å². The summed E-state index contributed by atoms with van der Waals surface area (Å²) >= 11 is 0. The first-order chi connectivity index (χ1) is 10.7. The summed E-state index contributed by atoms with van der Waals surface area (Å²) in [6.07, 6.45) is 1.74. The van der Waals surface area contributed by atoms with E-state index in [0.717, 1.165) is 51.3 Å². The Balaban J connectivity index is 1.41. The first kappa shape index (κ1) is 15.3. The van der Waals surface area contributed by atoms with Gasteiger partial charge in [0.2, 0.25) is 0 Å². The maximum Gasteiger partial charge on any atom is 0.328 e. The Labute approximate surface area is 132 Å². The summed E-state index contributed by atoms with van der Waals surface area (Å²) in [5.74, 6) is -0.122. The van der Waals surface area contributed by atoms with E-state index in [0.29, 0.717) is 6.61 Å². The molecule has 0 spiro atoms. The number of anilines is 1. The number of hydrogen-bond donors (Lipinski definition) is 1. The molecule has 1 fully saturated rings. The van der Waals surface area contributed by atoms with Gasteiger partial charge in [-0.1, -0.05) is 18.2 Å². The van der Waals surface area contributed by atoms with E-state index in [2.05, 4.69) is 28.2 Å². The molecule has 1 atom stereocenters. The molecule has 1 saturated heterocycles. The van der Waals surface area contributed by atoms with E-state index in [1.54, 1.807) is 0 Å². The normalized spacial score (nSPS) is 22.7. The van der Waals surface area contributed by atoms with Crippen LogP contribution in [0.15, 0.2) is 24.3 Å². The quantitative estimate of drug-likeness (QED) is 0.847. The van der Waals surface area contributed by atoms with E-state index >= 15 is 0 Å². The van der Waals surface area contributed by atoms with Gasteiger partial charge in [-0.15, -0.1) is 0 Å². The zero-order valence-electron chi connectivity index (χ0n) is 13.3. The fourth-order valence-electron chi connectivity index (χ4n) is 3.06. The van der Waals surface area contributed by atoms with Crippen molar-refractivity contribution in [1.29, 1.82) is 0 Å². The molecule has 1 aromatic rings. The van der Waals surface area contributed by atoms with Gasteiger partial charge in [-0.3, -0.25) is 4.90 Å². The number of carbonyl (C=O) groups is 1. The van der Waals surface area contributed by atoms with Gasteiger partial charge < -0.3 is 15.0 Å². The van der Waals surface area contributed by atoms with Crippen LogP contribution in [0.25, 0.3) is 0 Å². The topological polar surface area (TPSA) is 44.8 Å². The number of benzene rings is 1. The SMILES string of the molecule is CN1CCN(CCOC(=O)C2CCc3ccccc3N2)CC1. The lowest BCUT2D eigenvalue weighted by Gasteiger charge is -2.32. The van der Waals surface area contributed by atoms with Crippen molar-refractivity contribution < 1.29 is 9.53 Å². The number of para-hydroxylation sites is 1. The first-order valence-electron chi connectivity index (χ1n) is 8.14. The summed E-state index contributed by atoms with van der Waals surface area (Å²) < 4.78 is 5.47. The highest BCUT2D eigenvalue weighted by Gasteiger charge is 2.25. The van der Waals surface area contributed by atoms with Gasteiger partial charge in [0.15, 0.2) is 0 Å². The van der Waals surface area contributed by atoms with Crippen LogP contribution in [0, 0.1) is 0 Å². The Bertz CT molecular complexity index is 512. The minimum absolute atomic E-state index is 0.122. The summed E-state index contributed by atoms with van der Waals surface area (Å²) in [4.78, 5) is 16.9. The van der Waals surface area contributed by atoms with Crippen molar-refractivity contribution in [3.05, 3.63) is 29.8 Å². The van der Waals surface area contributed by atoms with Crippen LogP contribution in [-0.4, -0.2) is 68.2 Å². The number of esters is 1. The number of carbonyl (C=O) groups excluding carboxylic acids is 1. The second kappa shape index (κ2) is 7.11. The van der Waals surface area contributed by atoms with Crippen LogP contribution >= 0.6 is 0 Å². The highest BCUT2D eigenvalue weighted by atomic mass is 16.5. The first-order valence-corrected chi connectivity index (χ1v) is 8.14. The van der Waals surface area contributed by atoms with E-state index in [9.17, 15) is 4.79 Å². The van der Waals surface area contributed by atoms with Crippen LogP contribution in [-0.2, 0) is 16.0 Å². The molecule has 1 N–H and O–H groups in total. The summed E-state index contributed by atoms with van der Waals surface area (Å²) in [5.41, 5.74) is 2.35. The van der Waals surface area contributed by atoms with E-state index in [1.165, 1.54) is 5.56 Å². The molecule has 0 amide bonds. The molecule has 0 radical (unpaired) electrons. The molecule has 0 aliphatic carbocycles. The van der Waals surface area contributed by atoms with Crippen molar-refractivity contribution in [2.45, 2.75) is 18.9 Å². The third kappa shape index (κ3) is 3.78. The number of aryl methyl sites for hydroxylation is 1. The van der Waals surface area contributed by atoms with E-state index in [4.69, 9.17) is 4.74 Å². The number of hydrogen-bond acceptors (Lipinski definition) is 5. The maximum atomic E-state index is 12.2. The second-order valence-electron chi connectivity index (χ2n) is 6.21. The third-order valence-corrected chi connectivity index (χ3v) is 4.58. The molecule has 5 nitrogen and oxygen atoms in total. The van der Waals surface area contributed by atoms with Gasteiger partial charge in [-0.25, -0.2) is 4.79 Å². The molecule has 2 aliphatic rings. The largest absolute Gasteiger partial charge is 0.463 e. The number of fused-ring (bicyclic) bond motifs is 1. The lowest BCUT2D eigenvalue weighted by Crippen LogP contribution is -2.46. The van der Waals surface area contributed by atoms with Gasteiger partial charge in [0, 0.05) is 38.4 Å². The smallest absolute Gasteiger partial charge is 0.328 e. The zero-order chi connectivity index (χ0) is 15.4. The Hall–Kier alpha value is -1.59. The molecule has 0 aromatic heterocycles. The predicted octanol–water partition coefficient (Wildman–Crippen LogP) is 1.20. The minimum Gasteiger partial charge on any atom is -0.463 e. The summed E-state index contributed by atoms with van der Waals surface area (Å²) in [6.45, 7) is 5.63. The van der Waals surface area contributed by atoms with Gasteiger partial charge >= 0.3 is 5.97 Å². The number of nitrogens with one attached hydrogen (secondary N) is 1. The average Bonchev–Trinajstić information content (AvgIpc) is 2.56. The van der Waals surface area contributed by atoms with Crippen LogP contribution in [0.1, 0.15) is 12.0 Å². The Morgan fingerprint density at radius 3 is 2.86 bits per heavy atom. The molecular formula is C17H25N3O2. The number of piperazine rings is 1. The molecule has 5 heteroatoms. The molecule has 1 aromatic carbocycles.